The van der Waals surface area contributed by atoms with Crippen LogP contribution in [0.5, 0.6) is 11.5 Å². The molecule has 4 aromatic rings. The molecule has 25 heavy (non-hydrogen) atoms. The molecule has 3 aromatic carbocycles. The molecule has 4 rings (SSSR count). The van der Waals surface area contributed by atoms with Gasteiger partial charge in [-0.25, -0.2) is 4.68 Å². The number of phenolic OH excluding ortho intramolecular Hbond substituents is 2. The highest BCUT2D eigenvalue weighted by Crippen LogP contribution is 2.38. The van der Waals surface area contributed by atoms with Crippen molar-refractivity contribution in [1.29, 1.82) is 0 Å². The van der Waals surface area contributed by atoms with Crippen LogP contribution in [0.4, 0.5) is 0 Å². The van der Waals surface area contributed by atoms with Gasteiger partial charge >= 0.3 is 0 Å². The lowest BCUT2D eigenvalue weighted by molar-refractivity contribution is 0.401. The predicted octanol–water partition coefficient (Wildman–Crippen LogP) is 4.44. The fourth-order valence-corrected chi connectivity index (χ4v) is 3.32. The summed E-state index contributed by atoms with van der Waals surface area (Å²) in [6, 6.07) is 16.0. The summed E-state index contributed by atoms with van der Waals surface area (Å²) in [5.41, 5.74) is 1.72. The zero-order valence-electron chi connectivity index (χ0n) is 12.8. The highest BCUT2D eigenvalue weighted by Gasteiger charge is 2.20. The average Bonchev–Trinajstić information content (AvgIpc) is 2.99. The van der Waals surface area contributed by atoms with Crippen LogP contribution in [0.2, 0.25) is 5.02 Å². The van der Waals surface area contributed by atoms with E-state index >= 15 is 0 Å². The maximum Gasteiger partial charge on any atom is 0.183 e. The van der Waals surface area contributed by atoms with Gasteiger partial charge in [0.2, 0.25) is 0 Å². The standard InChI is InChI=1S/C18H12ClN3O2S/c19-13-9-8-12(10-4-1-2-5-11(10)13)16-18(25)20-21-22(16)14-6-3-7-15(23)17(14)24/h1-9,23-25H. The van der Waals surface area contributed by atoms with Crippen LogP contribution in [-0.2, 0) is 0 Å². The van der Waals surface area contributed by atoms with Gasteiger partial charge in [0.05, 0.1) is 0 Å². The van der Waals surface area contributed by atoms with E-state index in [4.69, 9.17) is 11.6 Å². The number of rotatable bonds is 2. The summed E-state index contributed by atoms with van der Waals surface area (Å²) < 4.78 is 1.45. The maximum absolute atomic E-state index is 10.2. The predicted molar refractivity (Wildman–Crippen MR) is 99.9 cm³/mol. The number of hydrogen-bond donors (Lipinski definition) is 3. The lowest BCUT2D eigenvalue weighted by Gasteiger charge is -2.12. The molecule has 2 N–H and O–H groups in total. The monoisotopic (exact) mass is 369 g/mol. The highest BCUT2D eigenvalue weighted by atomic mass is 35.5. The van der Waals surface area contributed by atoms with Gasteiger partial charge in [-0.3, -0.25) is 0 Å². The summed E-state index contributed by atoms with van der Waals surface area (Å²) in [6.45, 7) is 0. The lowest BCUT2D eigenvalue weighted by atomic mass is 10.0. The Morgan fingerprint density at radius 1 is 0.920 bits per heavy atom. The molecule has 0 aliphatic rings. The molecular formula is C18H12ClN3O2S. The molecule has 7 heteroatoms. The fraction of sp³-hybridized carbons (Fsp3) is 0. The van der Waals surface area contributed by atoms with E-state index in [1.807, 2.05) is 30.3 Å². The molecule has 0 bridgehead atoms. The van der Waals surface area contributed by atoms with Crippen molar-refractivity contribution in [1.82, 2.24) is 15.0 Å². The van der Waals surface area contributed by atoms with E-state index in [9.17, 15) is 10.2 Å². The average molecular weight is 370 g/mol. The zero-order valence-corrected chi connectivity index (χ0v) is 14.4. The molecule has 0 aliphatic heterocycles. The summed E-state index contributed by atoms with van der Waals surface area (Å²) in [5, 5.41) is 30.9. The first-order chi connectivity index (χ1) is 12.1. The molecule has 0 radical (unpaired) electrons. The molecule has 5 nitrogen and oxygen atoms in total. The third-order valence-electron chi connectivity index (χ3n) is 4.00. The minimum Gasteiger partial charge on any atom is -0.504 e. The number of hydrogen-bond acceptors (Lipinski definition) is 5. The molecule has 0 atom stereocenters. The van der Waals surface area contributed by atoms with E-state index in [-0.39, 0.29) is 11.5 Å². The molecule has 0 saturated heterocycles. The third kappa shape index (κ3) is 2.50. The van der Waals surface area contributed by atoms with E-state index in [0.29, 0.717) is 21.4 Å². The Balaban J connectivity index is 2.05. The molecule has 0 spiro atoms. The summed E-state index contributed by atoms with van der Waals surface area (Å²) in [6.07, 6.45) is 0. The van der Waals surface area contributed by atoms with Crippen molar-refractivity contribution in [2.24, 2.45) is 0 Å². The second-order valence-corrected chi connectivity index (χ2v) is 6.29. The number of aromatic hydroxyl groups is 2. The quantitative estimate of drug-likeness (QED) is 0.361. The van der Waals surface area contributed by atoms with E-state index in [1.54, 1.807) is 18.2 Å². The van der Waals surface area contributed by atoms with Gasteiger partial charge in [0.25, 0.3) is 0 Å². The van der Waals surface area contributed by atoms with Crippen LogP contribution >= 0.6 is 24.2 Å². The van der Waals surface area contributed by atoms with Gasteiger partial charge in [0.15, 0.2) is 11.5 Å². The van der Waals surface area contributed by atoms with Crippen molar-refractivity contribution in [2.75, 3.05) is 0 Å². The Labute approximate surface area is 153 Å². The first-order valence-electron chi connectivity index (χ1n) is 7.41. The summed E-state index contributed by atoms with van der Waals surface area (Å²) in [5.74, 6) is -0.513. The number of thiol groups is 1. The molecular weight excluding hydrogens is 358 g/mol. The number of para-hydroxylation sites is 1. The largest absolute Gasteiger partial charge is 0.504 e. The van der Waals surface area contributed by atoms with Gasteiger partial charge in [0.1, 0.15) is 16.4 Å². The molecule has 124 valence electrons. The molecule has 1 heterocycles. The van der Waals surface area contributed by atoms with Gasteiger partial charge < -0.3 is 10.2 Å². The number of fused-ring (bicyclic) bond motifs is 1. The number of halogens is 1. The Bertz CT molecular complexity index is 1110. The molecule has 0 aliphatic carbocycles. The Morgan fingerprint density at radius 3 is 2.48 bits per heavy atom. The van der Waals surface area contributed by atoms with Crippen molar-refractivity contribution in [3.8, 4) is 28.4 Å². The summed E-state index contributed by atoms with van der Waals surface area (Å²) >= 11 is 10.7. The van der Waals surface area contributed by atoms with Gasteiger partial charge in [-0.05, 0) is 23.6 Å². The minimum absolute atomic E-state index is 0.236. The Hall–Kier alpha value is -2.70. The lowest BCUT2D eigenvalue weighted by Crippen LogP contribution is -2.00. The molecule has 0 unspecified atom stereocenters. The van der Waals surface area contributed by atoms with Crippen molar-refractivity contribution in [2.45, 2.75) is 5.03 Å². The van der Waals surface area contributed by atoms with Crippen LogP contribution in [-0.4, -0.2) is 25.2 Å². The number of phenols is 2. The maximum atomic E-state index is 10.2. The highest BCUT2D eigenvalue weighted by molar-refractivity contribution is 7.80. The minimum atomic E-state index is -0.278. The molecule has 1 aromatic heterocycles. The zero-order chi connectivity index (χ0) is 17.6. The fourth-order valence-electron chi connectivity index (χ4n) is 2.84. The van der Waals surface area contributed by atoms with E-state index in [0.717, 1.165) is 16.3 Å². The topological polar surface area (TPSA) is 71.2 Å². The van der Waals surface area contributed by atoms with Gasteiger partial charge in [-0.1, -0.05) is 53.2 Å². The first kappa shape index (κ1) is 15.8. The van der Waals surface area contributed by atoms with Crippen LogP contribution in [0.15, 0.2) is 59.6 Å². The van der Waals surface area contributed by atoms with E-state index < -0.39 is 0 Å². The third-order valence-corrected chi connectivity index (χ3v) is 4.63. The van der Waals surface area contributed by atoms with E-state index in [1.165, 1.54) is 10.7 Å². The van der Waals surface area contributed by atoms with E-state index in [2.05, 4.69) is 22.9 Å². The van der Waals surface area contributed by atoms with Gasteiger partial charge in [-0.2, -0.15) is 0 Å². The second kappa shape index (κ2) is 5.98. The second-order valence-electron chi connectivity index (χ2n) is 5.46. The van der Waals surface area contributed by atoms with Crippen molar-refractivity contribution < 1.29 is 10.2 Å². The number of benzene rings is 3. The van der Waals surface area contributed by atoms with Crippen LogP contribution in [0.3, 0.4) is 0 Å². The van der Waals surface area contributed by atoms with Crippen LogP contribution in [0, 0.1) is 0 Å². The van der Waals surface area contributed by atoms with Crippen molar-refractivity contribution >= 4 is 35.0 Å². The summed E-state index contributed by atoms with van der Waals surface area (Å²) in [7, 11) is 0. The molecule has 0 saturated carbocycles. The van der Waals surface area contributed by atoms with Crippen molar-refractivity contribution in [3.05, 3.63) is 59.6 Å². The molecule has 0 fully saturated rings. The first-order valence-corrected chi connectivity index (χ1v) is 8.24. The Kier molecular flexibility index (Phi) is 3.78. The van der Waals surface area contributed by atoms with Gasteiger partial charge in [0, 0.05) is 16.0 Å². The summed E-state index contributed by atoms with van der Waals surface area (Å²) in [4.78, 5) is 0. The van der Waals surface area contributed by atoms with Crippen LogP contribution in [0.25, 0.3) is 27.7 Å². The van der Waals surface area contributed by atoms with Crippen molar-refractivity contribution in [3.63, 3.8) is 0 Å². The van der Waals surface area contributed by atoms with Crippen LogP contribution < -0.4 is 0 Å². The smallest absolute Gasteiger partial charge is 0.183 e. The number of nitrogens with zero attached hydrogens (tertiary/aromatic N) is 3. The molecule has 0 amide bonds. The SMILES string of the molecule is Oc1cccc(-n2nnc(S)c2-c2ccc(Cl)c3ccccc23)c1O. The van der Waals surface area contributed by atoms with Crippen LogP contribution in [0.1, 0.15) is 0 Å². The Morgan fingerprint density at radius 2 is 1.68 bits per heavy atom. The normalized spacial score (nSPS) is 11.1. The number of aromatic nitrogens is 3. The van der Waals surface area contributed by atoms with Gasteiger partial charge in [-0.15, -0.1) is 17.7 Å².